The van der Waals surface area contributed by atoms with E-state index in [9.17, 15) is 10.2 Å². The molecule has 0 atom stereocenters. The van der Waals surface area contributed by atoms with Crippen LogP contribution < -0.4 is 4.90 Å². The lowest BCUT2D eigenvalue weighted by molar-refractivity contribution is 0.135. The highest BCUT2D eigenvalue weighted by atomic mass is 16.3. The second-order valence-corrected chi connectivity index (χ2v) is 13.7. The first kappa shape index (κ1) is 37.3. The normalized spacial score (nSPS) is 12.1. The van der Waals surface area contributed by atoms with Crippen LogP contribution >= 0.6 is 0 Å². The van der Waals surface area contributed by atoms with Gasteiger partial charge in [-0.3, -0.25) is 0 Å². The summed E-state index contributed by atoms with van der Waals surface area (Å²) in [6.45, 7) is 3.15. The van der Waals surface area contributed by atoms with Crippen molar-refractivity contribution in [3.63, 3.8) is 0 Å². The van der Waals surface area contributed by atoms with Gasteiger partial charge in [-0.1, -0.05) is 197 Å². The van der Waals surface area contributed by atoms with Gasteiger partial charge in [-0.2, -0.15) is 0 Å². The van der Waals surface area contributed by atoms with Gasteiger partial charge in [0.25, 0.3) is 0 Å². The van der Waals surface area contributed by atoms with E-state index >= 15 is 0 Å². The van der Waals surface area contributed by atoms with Gasteiger partial charge < -0.3 is 15.1 Å². The summed E-state index contributed by atoms with van der Waals surface area (Å²) in [5, 5.41) is 24.8. The fourth-order valence-electron chi connectivity index (χ4n) is 7.00. The molecule has 0 bridgehead atoms. The van der Waals surface area contributed by atoms with E-state index in [1.165, 1.54) is 32.1 Å². The van der Waals surface area contributed by atoms with Crippen molar-refractivity contribution in [1.82, 2.24) is 0 Å². The summed E-state index contributed by atoms with van der Waals surface area (Å²) in [4.78, 5) is 2.40. The number of nitrogens with zero attached hydrogens (tertiary/aromatic N) is 1. The van der Waals surface area contributed by atoms with Crippen molar-refractivity contribution in [2.24, 2.45) is 0 Å². The predicted molar refractivity (Wildman–Crippen MR) is 223 cm³/mol. The van der Waals surface area contributed by atoms with Gasteiger partial charge in [-0.15, -0.1) is 0 Å². The molecule has 0 fully saturated rings. The molecular formula is C50H51NO2. The summed E-state index contributed by atoms with van der Waals surface area (Å²) in [5.41, 5.74) is 4.48. The average Bonchev–Trinajstić information content (AvgIpc) is 3.23. The van der Waals surface area contributed by atoms with E-state index in [-0.39, 0.29) is 0 Å². The van der Waals surface area contributed by atoms with E-state index in [4.69, 9.17) is 0 Å². The quantitative estimate of drug-likeness (QED) is 0.0933. The van der Waals surface area contributed by atoms with Crippen molar-refractivity contribution in [2.75, 3.05) is 11.4 Å². The van der Waals surface area contributed by atoms with Gasteiger partial charge in [-0.25, -0.2) is 0 Å². The van der Waals surface area contributed by atoms with E-state index in [1.54, 1.807) is 0 Å². The number of hydrogen-bond acceptors (Lipinski definition) is 3. The summed E-state index contributed by atoms with van der Waals surface area (Å²) >= 11 is 0. The molecule has 0 amide bonds. The molecule has 0 aliphatic rings. The van der Waals surface area contributed by atoms with Crippen LogP contribution in [0.25, 0.3) is 12.2 Å². The summed E-state index contributed by atoms with van der Waals surface area (Å²) in [5.74, 6) is 0. The maximum Gasteiger partial charge on any atom is 0.134 e. The molecule has 0 heterocycles. The lowest BCUT2D eigenvalue weighted by Crippen LogP contribution is -2.24. The Hall–Kier alpha value is -5.48. The molecule has 3 heteroatoms. The van der Waals surface area contributed by atoms with Crippen LogP contribution in [0.5, 0.6) is 0 Å². The Balaban J connectivity index is 1.46. The van der Waals surface area contributed by atoms with Gasteiger partial charge in [0.05, 0.1) is 0 Å². The highest BCUT2D eigenvalue weighted by Gasteiger charge is 2.30. The molecule has 53 heavy (non-hydrogen) atoms. The molecule has 0 aliphatic carbocycles. The number of hydrogen-bond donors (Lipinski definition) is 2. The monoisotopic (exact) mass is 697 g/mol. The van der Waals surface area contributed by atoms with Gasteiger partial charge in [0.1, 0.15) is 11.2 Å². The Morgan fingerprint density at radius 1 is 0.434 bits per heavy atom. The molecule has 0 saturated carbocycles. The molecule has 268 valence electrons. The van der Waals surface area contributed by atoms with Crippen molar-refractivity contribution in [3.05, 3.63) is 215 Å². The topological polar surface area (TPSA) is 43.7 Å². The molecule has 6 aromatic carbocycles. The Morgan fingerprint density at radius 3 is 1.28 bits per heavy atom. The lowest BCUT2D eigenvalue weighted by Gasteiger charge is -2.28. The van der Waals surface area contributed by atoms with Crippen molar-refractivity contribution in [1.29, 1.82) is 0 Å². The van der Waals surface area contributed by atoms with Gasteiger partial charge in [0.2, 0.25) is 0 Å². The van der Waals surface area contributed by atoms with Crippen LogP contribution in [0.4, 0.5) is 11.4 Å². The third kappa shape index (κ3) is 9.31. The first-order valence-electron chi connectivity index (χ1n) is 19.0. The third-order valence-electron chi connectivity index (χ3n) is 10.0. The molecule has 0 unspecified atom stereocenters. The second kappa shape index (κ2) is 18.3. The first-order chi connectivity index (χ1) is 26.0. The van der Waals surface area contributed by atoms with E-state index in [0.717, 1.165) is 57.7 Å². The maximum atomic E-state index is 12.5. The Bertz CT molecular complexity index is 1940. The van der Waals surface area contributed by atoms with E-state index < -0.39 is 11.2 Å². The standard InChI is InChI=1S/C50H51NO2/c1-2-3-4-5-6-22-39-51(47-31-20-11-21-32-47)48-34-33-41(35-37-49(52,43-23-12-7-13-24-43)44-25-14-8-15-26-44)42(40-48)36-38-50(53,45-27-16-9-17-28-45)46-29-18-10-19-30-46/h7-21,23-38,40,52-53H,2-6,22,39H2,1H3/b37-35+,38-36+. The zero-order valence-corrected chi connectivity index (χ0v) is 30.8. The van der Waals surface area contributed by atoms with Crippen molar-refractivity contribution >= 4 is 23.5 Å². The molecule has 6 rings (SSSR count). The minimum absolute atomic E-state index is 0.784. The first-order valence-corrected chi connectivity index (χ1v) is 19.0. The molecule has 0 saturated heterocycles. The van der Waals surface area contributed by atoms with E-state index in [0.29, 0.717) is 0 Å². The molecule has 0 radical (unpaired) electrons. The van der Waals surface area contributed by atoms with Crippen molar-refractivity contribution in [3.8, 4) is 0 Å². The Labute approximate surface area is 316 Å². The van der Waals surface area contributed by atoms with E-state index in [1.807, 2.05) is 146 Å². The predicted octanol–water partition coefficient (Wildman–Crippen LogP) is 12.1. The zero-order chi connectivity index (χ0) is 36.8. The van der Waals surface area contributed by atoms with Crippen LogP contribution in [0.15, 0.2) is 182 Å². The number of rotatable bonds is 17. The smallest absolute Gasteiger partial charge is 0.134 e. The maximum absolute atomic E-state index is 12.5. The summed E-state index contributed by atoms with van der Waals surface area (Å²) in [6.07, 6.45) is 15.2. The molecular weight excluding hydrogens is 647 g/mol. The highest BCUT2D eigenvalue weighted by Crippen LogP contribution is 2.36. The number of aliphatic hydroxyl groups is 2. The average molecular weight is 698 g/mol. The molecule has 6 aromatic rings. The highest BCUT2D eigenvalue weighted by molar-refractivity contribution is 5.74. The molecule has 2 N–H and O–H groups in total. The number of anilines is 2. The van der Waals surface area contributed by atoms with Gasteiger partial charge in [0, 0.05) is 17.9 Å². The van der Waals surface area contributed by atoms with E-state index in [2.05, 4.69) is 60.4 Å². The molecule has 3 nitrogen and oxygen atoms in total. The Kier molecular flexibility index (Phi) is 12.9. The number of para-hydroxylation sites is 1. The molecule has 0 spiro atoms. The molecule has 0 aromatic heterocycles. The van der Waals surface area contributed by atoms with Crippen molar-refractivity contribution in [2.45, 2.75) is 56.7 Å². The van der Waals surface area contributed by atoms with Crippen LogP contribution in [-0.4, -0.2) is 16.8 Å². The largest absolute Gasteiger partial charge is 0.377 e. The van der Waals surface area contributed by atoms with Gasteiger partial charge in [0.15, 0.2) is 0 Å². The minimum Gasteiger partial charge on any atom is -0.377 e. The fourth-order valence-corrected chi connectivity index (χ4v) is 7.00. The summed E-state index contributed by atoms with van der Waals surface area (Å²) in [6, 6.07) is 56.3. The SMILES string of the molecule is CCCCCCCCN(c1ccccc1)c1ccc(/C=C/C(O)(c2ccccc2)c2ccccc2)c(/C=C/C(O)(c2ccccc2)c2ccccc2)c1. The zero-order valence-electron chi connectivity index (χ0n) is 30.8. The lowest BCUT2D eigenvalue weighted by atomic mass is 9.84. The van der Waals surface area contributed by atoms with Crippen molar-refractivity contribution < 1.29 is 10.2 Å². The van der Waals surface area contributed by atoms with Crippen LogP contribution in [-0.2, 0) is 11.2 Å². The Morgan fingerprint density at radius 2 is 0.830 bits per heavy atom. The number of unbranched alkanes of at least 4 members (excludes halogenated alkanes) is 5. The molecule has 0 aliphatic heterocycles. The van der Waals surface area contributed by atoms with Crippen LogP contribution in [0.2, 0.25) is 0 Å². The third-order valence-corrected chi connectivity index (χ3v) is 10.0. The minimum atomic E-state index is -1.37. The van der Waals surface area contributed by atoms with Gasteiger partial charge >= 0.3 is 0 Å². The fraction of sp³-hybridized carbons (Fsp3) is 0.200. The number of benzene rings is 6. The summed E-state index contributed by atoms with van der Waals surface area (Å²) in [7, 11) is 0. The second-order valence-electron chi connectivity index (χ2n) is 13.7. The van der Waals surface area contributed by atoms with Gasteiger partial charge in [-0.05, 0) is 76.2 Å². The summed E-state index contributed by atoms with van der Waals surface area (Å²) < 4.78 is 0. The van der Waals surface area contributed by atoms with Crippen LogP contribution in [0.1, 0.15) is 78.8 Å². The van der Waals surface area contributed by atoms with Crippen LogP contribution in [0, 0.1) is 0 Å². The van der Waals surface area contributed by atoms with Crippen LogP contribution in [0.3, 0.4) is 0 Å².